The molecule has 1 aromatic rings. The average Bonchev–Trinajstić information content (AvgIpc) is 2.27. The van der Waals surface area contributed by atoms with Gasteiger partial charge in [-0.1, -0.05) is 13.8 Å². The lowest BCUT2D eigenvalue weighted by Crippen LogP contribution is -2.30. The molecule has 0 spiro atoms. The van der Waals surface area contributed by atoms with Crippen molar-refractivity contribution in [3.8, 4) is 0 Å². The third-order valence-electron chi connectivity index (χ3n) is 3.96. The first-order valence-corrected chi connectivity index (χ1v) is 6.35. The average molecular weight is 218 g/mol. The summed E-state index contributed by atoms with van der Waals surface area (Å²) in [5.41, 5.74) is 2.31. The second-order valence-electron chi connectivity index (χ2n) is 5.25. The highest BCUT2D eigenvalue weighted by Crippen LogP contribution is 2.31. The van der Waals surface area contributed by atoms with Crippen LogP contribution in [0, 0.1) is 18.8 Å². The lowest BCUT2D eigenvalue weighted by molar-refractivity contribution is 0.261. The molecule has 1 saturated carbocycles. The van der Waals surface area contributed by atoms with E-state index in [4.69, 9.17) is 0 Å². The minimum Gasteiger partial charge on any atom is -0.381 e. The Morgan fingerprint density at radius 2 is 2.06 bits per heavy atom. The van der Waals surface area contributed by atoms with Crippen LogP contribution >= 0.6 is 0 Å². The lowest BCUT2D eigenvalue weighted by atomic mass is 9.79. The zero-order chi connectivity index (χ0) is 11.5. The molecule has 1 aromatic heterocycles. The van der Waals surface area contributed by atoms with Gasteiger partial charge in [0, 0.05) is 12.2 Å². The van der Waals surface area contributed by atoms with E-state index < -0.39 is 0 Å². The van der Waals surface area contributed by atoms with Crippen molar-refractivity contribution >= 4 is 5.69 Å². The fraction of sp³-hybridized carbons (Fsp3) is 0.643. The van der Waals surface area contributed by atoms with E-state index in [1.54, 1.807) is 0 Å². The zero-order valence-electron chi connectivity index (χ0n) is 10.5. The fourth-order valence-corrected chi connectivity index (χ4v) is 2.54. The second-order valence-corrected chi connectivity index (χ2v) is 5.25. The van der Waals surface area contributed by atoms with E-state index >= 15 is 0 Å². The number of aryl methyl sites for hydroxylation is 1. The van der Waals surface area contributed by atoms with Gasteiger partial charge in [0.2, 0.25) is 0 Å². The van der Waals surface area contributed by atoms with Gasteiger partial charge in [-0.2, -0.15) is 0 Å². The van der Waals surface area contributed by atoms with Crippen LogP contribution in [0.4, 0.5) is 5.69 Å². The number of rotatable bonds is 2. The van der Waals surface area contributed by atoms with Gasteiger partial charge >= 0.3 is 0 Å². The van der Waals surface area contributed by atoms with Crippen LogP contribution < -0.4 is 5.32 Å². The number of hydrogen-bond acceptors (Lipinski definition) is 2. The quantitative estimate of drug-likeness (QED) is 0.820. The van der Waals surface area contributed by atoms with Crippen LogP contribution in [0.15, 0.2) is 18.3 Å². The highest BCUT2D eigenvalue weighted by Gasteiger charge is 2.24. The van der Waals surface area contributed by atoms with E-state index in [1.165, 1.54) is 24.9 Å². The maximum absolute atomic E-state index is 4.32. The predicted molar refractivity (Wildman–Crippen MR) is 68.6 cm³/mol. The molecule has 0 radical (unpaired) electrons. The molecule has 16 heavy (non-hydrogen) atoms. The molecule has 0 amide bonds. The Morgan fingerprint density at radius 1 is 1.25 bits per heavy atom. The summed E-state index contributed by atoms with van der Waals surface area (Å²) in [6.45, 7) is 6.81. The molecule has 0 aromatic carbocycles. The Bertz CT molecular complexity index is 348. The molecule has 1 aliphatic rings. The Kier molecular flexibility index (Phi) is 3.47. The maximum atomic E-state index is 4.32. The van der Waals surface area contributed by atoms with Crippen molar-refractivity contribution in [2.75, 3.05) is 5.32 Å². The Hall–Kier alpha value is -1.05. The molecule has 2 nitrogen and oxygen atoms in total. The summed E-state index contributed by atoms with van der Waals surface area (Å²) in [5.74, 6) is 1.72. The highest BCUT2D eigenvalue weighted by atomic mass is 14.9. The number of nitrogens with zero attached hydrogens (tertiary/aromatic N) is 1. The van der Waals surface area contributed by atoms with Gasteiger partial charge in [0.1, 0.15) is 0 Å². The lowest BCUT2D eigenvalue weighted by Gasteiger charge is -2.33. The molecule has 0 bridgehead atoms. The second kappa shape index (κ2) is 4.86. The van der Waals surface area contributed by atoms with Crippen LogP contribution in [0.1, 0.15) is 38.8 Å². The molecule has 2 heteroatoms. The summed E-state index contributed by atoms with van der Waals surface area (Å²) in [7, 11) is 0. The van der Waals surface area contributed by atoms with Crippen molar-refractivity contribution in [2.45, 2.75) is 46.1 Å². The summed E-state index contributed by atoms with van der Waals surface area (Å²) in [5, 5.41) is 3.64. The standard InChI is InChI=1S/C14H22N2/c1-10-6-7-13(9-11(10)2)16-14-5-4-8-15-12(14)3/h4-5,8,10-11,13,16H,6-7,9H2,1-3H3. The summed E-state index contributed by atoms with van der Waals surface area (Å²) in [6.07, 6.45) is 5.78. The van der Waals surface area contributed by atoms with Crippen LogP contribution in [0.5, 0.6) is 0 Å². The smallest absolute Gasteiger partial charge is 0.0603 e. The molecule has 3 atom stereocenters. The molecule has 1 fully saturated rings. The Morgan fingerprint density at radius 3 is 2.75 bits per heavy atom. The summed E-state index contributed by atoms with van der Waals surface area (Å²) < 4.78 is 0. The van der Waals surface area contributed by atoms with Gasteiger partial charge in [-0.15, -0.1) is 0 Å². The van der Waals surface area contributed by atoms with E-state index in [9.17, 15) is 0 Å². The summed E-state index contributed by atoms with van der Waals surface area (Å²) >= 11 is 0. The molecular formula is C14H22N2. The van der Waals surface area contributed by atoms with E-state index in [1.807, 2.05) is 12.3 Å². The van der Waals surface area contributed by atoms with Crippen molar-refractivity contribution in [1.29, 1.82) is 0 Å². The predicted octanol–water partition coefficient (Wildman–Crippen LogP) is 3.63. The number of aromatic nitrogens is 1. The van der Waals surface area contributed by atoms with E-state index in [2.05, 4.69) is 37.1 Å². The third-order valence-corrected chi connectivity index (χ3v) is 3.96. The van der Waals surface area contributed by atoms with Crippen molar-refractivity contribution in [3.63, 3.8) is 0 Å². The van der Waals surface area contributed by atoms with E-state index in [0.717, 1.165) is 17.5 Å². The number of anilines is 1. The molecule has 1 heterocycles. The molecule has 1 aliphatic carbocycles. The molecule has 0 aliphatic heterocycles. The normalized spacial score (nSPS) is 30.1. The van der Waals surface area contributed by atoms with Gasteiger partial charge in [-0.05, 0) is 50.2 Å². The third kappa shape index (κ3) is 2.55. The molecule has 3 unspecified atom stereocenters. The van der Waals surface area contributed by atoms with Gasteiger partial charge in [-0.25, -0.2) is 0 Å². The molecule has 88 valence electrons. The van der Waals surface area contributed by atoms with Crippen molar-refractivity contribution in [2.24, 2.45) is 11.8 Å². The minimum absolute atomic E-state index is 0.633. The number of pyridine rings is 1. The van der Waals surface area contributed by atoms with Gasteiger partial charge in [0.15, 0.2) is 0 Å². The van der Waals surface area contributed by atoms with Gasteiger partial charge < -0.3 is 5.32 Å². The largest absolute Gasteiger partial charge is 0.381 e. The number of hydrogen-bond donors (Lipinski definition) is 1. The van der Waals surface area contributed by atoms with Gasteiger partial charge in [-0.3, -0.25) is 4.98 Å². The first-order valence-electron chi connectivity index (χ1n) is 6.35. The number of nitrogens with one attached hydrogen (secondary N) is 1. The van der Waals surface area contributed by atoms with E-state index in [0.29, 0.717) is 6.04 Å². The van der Waals surface area contributed by atoms with Crippen LogP contribution in [-0.2, 0) is 0 Å². The molecule has 0 saturated heterocycles. The zero-order valence-corrected chi connectivity index (χ0v) is 10.5. The Balaban J connectivity index is 1.98. The summed E-state index contributed by atoms with van der Waals surface area (Å²) in [4.78, 5) is 4.32. The minimum atomic E-state index is 0.633. The van der Waals surface area contributed by atoms with Crippen molar-refractivity contribution < 1.29 is 0 Å². The monoisotopic (exact) mass is 218 g/mol. The van der Waals surface area contributed by atoms with Crippen LogP contribution in [0.3, 0.4) is 0 Å². The molecule has 1 N–H and O–H groups in total. The van der Waals surface area contributed by atoms with Crippen LogP contribution in [0.2, 0.25) is 0 Å². The molecular weight excluding hydrogens is 196 g/mol. The van der Waals surface area contributed by atoms with Gasteiger partial charge in [0.05, 0.1) is 11.4 Å². The fourth-order valence-electron chi connectivity index (χ4n) is 2.54. The van der Waals surface area contributed by atoms with E-state index in [-0.39, 0.29) is 0 Å². The first kappa shape index (κ1) is 11.4. The Labute approximate surface area is 98.5 Å². The van der Waals surface area contributed by atoms with Crippen molar-refractivity contribution in [3.05, 3.63) is 24.0 Å². The summed E-state index contributed by atoms with van der Waals surface area (Å²) in [6, 6.07) is 4.77. The van der Waals surface area contributed by atoms with Crippen molar-refractivity contribution in [1.82, 2.24) is 4.98 Å². The SMILES string of the molecule is Cc1ncccc1NC1CCC(C)C(C)C1. The maximum Gasteiger partial charge on any atom is 0.0603 e. The highest BCUT2D eigenvalue weighted by molar-refractivity contribution is 5.47. The molecule has 2 rings (SSSR count). The van der Waals surface area contributed by atoms with Gasteiger partial charge in [0.25, 0.3) is 0 Å². The van der Waals surface area contributed by atoms with Crippen LogP contribution in [0.25, 0.3) is 0 Å². The van der Waals surface area contributed by atoms with Crippen LogP contribution in [-0.4, -0.2) is 11.0 Å². The first-order chi connectivity index (χ1) is 7.66. The topological polar surface area (TPSA) is 24.9 Å².